The van der Waals surface area contributed by atoms with Crippen molar-refractivity contribution in [1.29, 1.82) is 0 Å². The molecule has 4 aliphatic heterocycles. The summed E-state index contributed by atoms with van der Waals surface area (Å²) in [5, 5.41) is 10.9. The van der Waals surface area contributed by atoms with Gasteiger partial charge < -0.3 is 9.13 Å². The van der Waals surface area contributed by atoms with Gasteiger partial charge in [-0.15, -0.1) is 22.7 Å². The molecule has 6 aromatic rings. The molecule has 12 nitrogen and oxygen atoms in total. The van der Waals surface area contributed by atoms with Crippen LogP contribution in [0, 0.1) is 27.7 Å². The maximum atomic E-state index is 4.77. The zero-order chi connectivity index (χ0) is 39.1. The zero-order valence-corrected chi connectivity index (χ0v) is 34.3. The number of hydrogen-bond acceptors (Lipinski definition) is 10. The standard InChI is InChI=1S/2C20H18N6S.C2H6/c1-12-4-5-18-16(8-12)21-19(27-18)11-26-7-6-15-17(10-26)23-20(22-15)14-9-25(3)24-13(14)2;1-12-4-5-16-18(8-12)27-19(21-16)11-26-7-6-15-17(10-26)23-20(22-15)14-9-25(3)24-13(14)2;1-2/h2*4-10H,11H2,1-3H3;1-2H3. The maximum absolute atomic E-state index is 4.77. The first-order chi connectivity index (χ1) is 27.1. The SMILES string of the molecule is CC.Cc1ccc2nc(Cn3ccc4nc(-c5cn(C)nc5C)nc-4c3)sc2c1.Cc1ccc2sc(Cn3ccc4nc(-c5cn(C)nc5C)nc-4c3)nc2c1. The Kier molecular flexibility index (Phi) is 9.99. The molecule has 2 aromatic carbocycles. The Morgan fingerprint density at radius 1 is 0.500 bits per heavy atom. The van der Waals surface area contributed by atoms with E-state index in [1.165, 1.54) is 20.5 Å². The number of aromatic nitrogens is 12. The zero-order valence-electron chi connectivity index (χ0n) is 32.7. The molecule has 14 heteroatoms. The highest BCUT2D eigenvalue weighted by Gasteiger charge is 2.18. The summed E-state index contributed by atoms with van der Waals surface area (Å²) < 4.78 is 10.3. The van der Waals surface area contributed by atoms with Crippen molar-refractivity contribution in [2.75, 3.05) is 0 Å². The molecular weight excluding hydrogens is 737 g/mol. The van der Waals surface area contributed by atoms with Crippen molar-refractivity contribution in [3.8, 4) is 45.6 Å². The molecule has 10 rings (SSSR count). The molecule has 0 radical (unpaired) electrons. The van der Waals surface area contributed by atoms with Crippen LogP contribution in [0.4, 0.5) is 0 Å². The van der Waals surface area contributed by atoms with Gasteiger partial charge in [-0.2, -0.15) is 10.2 Å². The quantitative estimate of drug-likeness (QED) is 0.164. The summed E-state index contributed by atoms with van der Waals surface area (Å²) in [5.74, 6) is 1.45. The van der Waals surface area contributed by atoms with E-state index in [0.29, 0.717) is 0 Å². The van der Waals surface area contributed by atoms with Crippen molar-refractivity contribution in [2.24, 2.45) is 14.1 Å². The topological polar surface area (TPSA) is 123 Å². The molecule has 0 atom stereocenters. The minimum atomic E-state index is 0.725. The van der Waals surface area contributed by atoms with Gasteiger partial charge in [-0.25, -0.2) is 29.9 Å². The van der Waals surface area contributed by atoms with Crippen molar-refractivity contribution < 1.29 is 0 Å². The number of fused-ring (bicyclic) bond motifs is 4. The Labute approximate surface area is 332 Å². The highest BCUT2D eigenvalue weighted by atomic mass is 32.1. The van der Waals surface area contributed by atoms with E-state index in [1.807, 2.05) is 91.1 Å². The second-order valence-corrected chi connectivity index (χ2v) is 15.9. The summed E-state index contributed by atoms with van der Waals surface area (Å²) in [6.45, 7) is 13.6. The van der Waals surface area contributed by atoms with Crippen LogP contribution in [0.2, 0.25) is 0 Å². The number of rotatable bonds is 6. The van der Waals surface area contributed by atoms with Crippen LogP contribution in [0.1, 0.15) is 46.4 Å². The van der Waals surface area contributed by atoms with E-state index in [9.17, 15) is 0 Å². The lowest BCUT2D eigenvalue weighted by Gasteiger charge is -2.05. The van der Waals surface area contributed by atoms with E-state index >= 15 is 0 Å². The fourth-order valence-electron chi connectivity index (χ4n) is 6.59. The molecule has 8 heterocycles. The third kappa shape index (κ3) is 7.57. The lowest BCUT2D eigenvalue weighted by molar-refractivity contribution is 0.756. The van der Waals surface area contributed by atoms with Crippen molar-refractivity contribution >= 4 is 43.1 Å². The Hall–Kier alpha value is -6.12. The Balaban J connectivity index is 0.000000151. The molecule has 0 amide bonds. The van der Waals surface area contributed by atoms with Crippen molar-refractivity contribution in [2.45, 2.75) is 54.6 Å². The summed E-state index contributed by atoms with van der Waals surface area (Å²) in [4.78, 5) is 28.3. The van der Waals surface area contributed by atoms with Crippen molar-refractivity contribution in [1.82, 2.24) is 58.6 Å². The molecule has 4 aromatic heterocycles. The highest BCUT2D eigenvalue weighted by molar-refractivity contribution is 7.18. The lowest BCUT2D eigenvalue weighted by Crippen LogP contribution is -2.00. The fourth-order valence-corrected chi connectivity index (χ4v) is 8.62. The van der Waals surface area contributed by atoms with Gasteiger partial charge in [-0.1, -0.05) is 26.0 Å². The monoisotopic (exact) mass is 778 g/mol. The second-order valence-electron chi connectivity index (χ2n) is 13.6. The van der Waals surface area contributed by atoms with Crippen LogP contribution in [-0.2, 0) is 27.2 Å². The predicted molar refractivity (Wildman–Crippen MR) is 225 cm³/mol. The number of hydrogen-bond donors (Lipinski definition) is 0. The number of nitrogens with zero attached hydrogens (tertiary/aromatic N) is 12. The third-order valence-corrected chi connectivity index (χ3v) is 11.2. The van der Waals surface area contributed by atoms with Gasteiger partial charge in [0.2, 0.25) is 0 Å². The van der Waals surface area contributed by atoms with Gasteiger partial charge in [0, 0.05) is 51.3 Å². The minimum absolute atomic E-state index is 0.725. The van der Waals surface area contributed by atoms with Crippen LogP contribution in [0.25, 0.3) is 66.0 Å². The number of benzene rings is 2. The number of thiazole rings is 2. The minimum Gasteiger partial charge on any atom is -0.345 e. The van der Waals surface area contributed by atoms with Gasteiger partial charge in [0.05, 0.1) is 67.4 Å². The van der Waals surface area contributed by atoms with Crippen molar-refractivity contribution in [3.05, 3.63) is 118 Å². The first kappa shape index (κ1) is 36.8. The van der Waals surface area contributed by atoms with Gasteiger partial charge in [0.25, 0.3) is 0 Å². The number of aryl methyl sites for hydroxylation is 6. The van der Waals surface area contributed by atoms with Crippen LogP contribution < -0.4 is 0 Å². The average Bonchev–Trinajstić information content (AvgIpc) is 4.03. The normalized spacial score (nSPS) is 11.4. The first-order valence-electron chi connectivity index (χ1n) is 18.5. The molecule has 4 aliphatic rings. The molecule has 0 aliphatic carbocycles. The molecule has 0 unspecified atom stereocenters. The summed E-state index contributed by atoms with van der Waals surface area (Å²) >= 11 is 3.47. The Morgan fingerprint density at radius 3 is 1.52 bits per heavy atom. The van der Waals surface area contributed by atoms with E-state index in [1.54, 1.807) is 32.0 Å². The molecule has 0 fully saturated rings. The summed E-state index contributed by atoms with van der Waals surface area (Å²) in [6.07, 6.45) is 12.1. The highest BCUT2D eigenvalue weighted by Crippen LogP contribution is 2.30. The molecular formula is C42H42N12S2. The molecule has 0 N–H and O–H groups in total. The molecule has 56 heavy (non-hydrogen) atoms. The Morgan fingerprint density at radius 2 is 0.982 bits per heavy atom. The summed E-state index contributed by atoms with van der Waals surface area (Å²) in [7, 11) is 3.82. The number of imidazole rings is 2. The number of pyridine rings is 2. The van der Waals surface area contributed by atoms with E-state index in [-0.39, 0.29) is 0 Å². The van der Waals surface area contributed by atoms with Gasteiger partial charge in [0.15, 0.2) is 11.6 Å². The van der Waals surface area contributed by atoms with Gasteiger partial charge in [-0.3, -0.25) is 9.36 Å². The van der Waals surface area contributed by atoms with Gasteiger partial charge >= 0.3 is 0 Å². The van der Waals surface area contributed by atoms with E-state index < -0.39 is 0 Å². The van der Waals surface area contributed by atoms with Crippen LogP contribution in [0.3, 0.4) is 0 Å². The summed E-state index contributed by atoms with van der Waals surface area (Å²) in [6, 6.07) is 16.8. The third-order valence-electron chi connectivity index (χ3n) is 9.17. The van der Waals surface area contributed by atoms with Gasteiger partial charge in [-0.05, 0) is 75.2 Å². The molecule has 0 saturated carbocycles. The second kappa shape index (κ2) is 15.2. The van der Waals surface area contributed by atoms with Gasteiger partial charge in [0.1, 0.15) is 21.4 Å². The van der Waals surface area contributed by atoms with Crippen LogP contribution in [-0.4, -0.2) is 58.6 Å². The molecule has 282 valence electrons. The van der Waals surface area contributed by atoms with E-state index in [2.05, 4.69) is 79.5 Å². The first-order valence-corrected chi connectivity index (χ1v) is 20.1. The van der Waals surface area contributed by atoms with Crippen LogP contribution in [0.15, 0.2) is 85.7 Å². The van der Waals surface area contributed by atoms with Crippen LogP contribution >= 0.6 is 22.7 Å². The van der Waals surface area contributed by atoms with Crippen LogP contribution in [0.5, 0.6) is 0 Å². The molecule has 0 saturated heterocycles. The Bertz CT molecular complexity index is 2690. The predicted octanol–water partition coefficient (Wildman–Crippen LogP) is 9.14. The largest absolute Gasteiger partial charge is 0.345 e. The van der Waals surface area contributed by atoms with E-state index in [4.69, 9.17) is 19.9 Å². The smallest absolute Gasteiger partial charge is 0.164 e. The maximum Gasteiger partial charge on any atom is 0.164 e. The lowest BCUT2D eigenvalue weighted by atomic mass is 10.2. The van der Waals surface area contributed by atoms with E-state index in [0.717, 1.165) is 91.1 Å². The summed E-state index contributed by atoms with van der Waals surface area (Å²) in [5.41, 5.74) is 12.0. The average molecular weight is 779 g/mol. The fraction of sp³-hybridized carbons (Fsp3) is 0.238. The molecule has 0 spiro atoms. The molecule has 0 bridgehead atoms. The van der Waals surface area contributed by atoms with Crippen molar-refractivity contribution in [3.63, 3.8) is 0 Å².